The molecule has 112 valence electrons. The van der Waals surface area contributed by atoms with E-state index >= 15 is 0 Å². The molecule has 1 N–H and O–H groups in total. The lowest BCUT2D eigenvalue weighted by Gasteiger charge is -2.43. The maximum Gasteiger partial charge on any atom is 0.0718 e. The summed E-state index contributed by atoms with van der Waals surface area (Å²) in [5.41, 5.74) is 1.40. The largest absolute Gasteiger partial charge is 0.375 e. The molecule has 0 aliphatic carbocycles. The molecule has 2 aliphatic rings. The van der Waals surface area contributed by atoms with E-state index in [2.05, 4.69) is 40.0 Å². The van der Waals surface area contributed by atoms with Gasteiger partial charge in [-0.3, -0.25) is 4.68 Å². The average molecular weight is 295 g/mol. The minimum absolute atomic E-state index is 0.134. The van der Waals surface area contributed by atoms with Crippen LogP contribution in [0.3, 0.4) is 0 Å². The second-order valence-electron chi connectivity index (χ2n) is 6.05. The second-order valence-corrected chi connectivity index (χ2v) is 7.28. The van der Waals surface area contributed by atoms with Crippen molar-refractivity contribution < 1.29 is 4.74 Å². The number of aromatic nitrogens is 2. The van der Waals surface area contributed by atoms with E-state index in [9.17, 15) is 0 Å². The Kier molecular flexibility index (Phi) is 4.38. The highest BCUT2D eigenvalue weighted by Crippen LogP contribution is 2.41. The van der Waals surface area contributed by atoms with Gasteiger partial charge in [0.25, 0.3) is 0 Å². The highest BCUT2D eigenvalue weighted by atomic mass is 32.2. The van der Waals surface area contributed by atoms with Gasteiger partial charge in [-0.15, -0.1) is 0 Å². The number of nitrogens with one attached hydrogen (secondary N) is 1. The normalized spacial score (nSPS) is 27.6. The van der Waals surface area contributed by atoms with Crippen molar-refractivity contribution in [3.05, 3.63) is 18.0 Å². The van der Waals surface area contributed by atoms with Crippen LogP contribution < -0.4 is 5.32 Å². The lowest BCUT2D eigenvalue weighted by atomic mass is 9.85. The fourth-order valence-electron chi connectivity index (χ4n) is 3.26. The third kappa shape index (κ3) is 2.90. The summed E-state index contributed by atoms with van der Waals surface area (Å²) in [6.07, 6.45) is 8.83. The van der Waals surface area contributed by atoms with E-state index < -0.39 is 0 Å². The zero-order valence-corrected chi connectivity index (χ0v) is 13.3. The van der Waals surface area contributed by atoms with Gasteiger partial charge in [-0.25, -0.2) is 0 Å². The zero-order chi connectivity index (χ0) is 14.0. The summed E-state index contributed by atoms with van der Waals surface area (Å²) in [5, 5.41) is 7.88. The summed E-state index contributed by atoms with van der Waals surface area (Å²) in [5.74, 6) is 2.49. The van der Waals surface area contributed by atoms with Crippen LogP contribution in [0.5, 0.6) is 0 Å². The first-order valence-electron chi connectivity index (χ1n) is 7.65. The Morgan fingerprint density at radius 1 is 1.50 bits per heavy atom. The first-order chi connectivity index (χ1) is 9.72. The van der Waals surface area contributed by atoms with E-state index in [0.717, 1.165) is 19.4 Å². The van der Waals surface area contributed by atoms with Crippen LogP contribution in [0.1, 0.15) is 50.3 Å². The summed E-state index contributed by atoms with van der Waals surface area (Å²) >= 11 is 2.06. The molecule has 2 fully saturated rings. The van der Waals surface area contributed by atoms with Crippen LogP contribution in [0.2, 0.25) is 0 Å². The third-order valence-electron chi connectivity index (χ3n) is 4.80. The minimum Gasteiger partial charge on any atom is -0.375 e. The quantitative estimate of drug-likeness (QED) is 0.931. The number of hydrogen-bond donors (Lipinski definition) is 1. The van der Waals surface area contributed by atoms with Crippen molar-refractivity contribution in [2.75, 3.05) is 25.2 Å². The van der Waals surface area contributed by atoms with Crippen molar-refractivity contribution in [1.82, 2.24) is 15.1 Å². The van der Waals surface area contributed by atoms with Gasteiger partial charge in [-0.1, -0.05) is 0 Å². The fraction of sp³-hybridized carbons (Fsp3) is 0.800. The minimum atomic E-state index is 0.134. The van der Waals surface area contributed by atoms with Crippen LogP contribution in [0.25, 0.3) is 0 Å². The molecule has 0 saturated carbocycles. The van der Waals surface area contributed by atoms with Gasteiger partial charge in [0, 0.05) is 24.4 Å². The molecule has 3 rings (SSSR count). The van der Waals surface area contributed by atoms with Crippen molar-refractivity contribution in [1.29, 1.82) is 0 Å². The van der Waals surface area contributed by atoms with Crippen molar-refractivity contribution in [2.24, 2.45) is 0 Å². The molecule has 3 heterocycles. The van der Waals surface area contributed by atoms with Gasteiger partial charge in [-0.2, -0.15) is 16.9 Å². The van der Waals surface area contributed by atoms with Gasteiger partial charge >= 0.3 is 0 Å². The monoisotopic (exact) mass is 295 g/mol. The molecular weight excluding hydrogens is 270 g/mol. The first kappa shape index (κ1) is 14.4. The van der Waals surface area contributed by atoms with Crippen molar-refractivity contribution in [2.45, 2.75) is 50.3 Å². The molecular formula is C15H25N3OS. The summed E-state index contributed by atoms with van der Waals surface area (Å²) < 4.78 is 8.34. The molecule has 1 aromatic heterocycles. The molecule has 2 unspecified atom stereocenters. The van der Waals surface area contributed by atoms with Crippen LogP contribution in [0, 0.1) is 0 Å². The highest BCUT2D eigenvalue weighted by Gasteiger charge is 2.39. The summed E-state index contributed by atoms with van der Waals surface area (Å²) in [6, 6.07) is 0.869. The van der Waals surface area contributed by atoms with Crippen LogP contribution in [0.15, 0.2) is 12.4 Å². The summed E-state index contributed by atoms with van der Waals surface area (Å²) in [4.78, 5) is 0. The van der Waals surface area contributed by atoms with E-state index in [0.29, 0.717) is 12.1 Å². The molecule has 2 saturated heterocycles. The Morgan fingerprint density at radius 3 is 3.05 bits per heavy atom. The standard InChI is InChI=1S/C15H25N3OS/c1-12(16-2)13-10-17-18(11-13)14-3-6-19-15(9-14)4-7-20-8-5-15/h10-12,14,16H,3-9H2,1-2H3. The van der Waals surface area contributed by atoms with E-state index in [4.69, 9.17) is 4.74 Å². The maximum absolute atomic E-state index is 6.17. The molecule has 0 bridgehead atoms. The van der Waals surface area contributed by atoms with Gasteiger partial charge in [0.05, 0.1) is 17.8 Å². The Hall–Kier alpha value is -0.520. The van der Waals surface area contributed by atoms with E-state index in [1.165, 1.54) is 29.9 Å². The van der Waals surface area contributed by atoms with Crippen molar-refractivity contribution in [3.63, 3.8) is 0 Å². The molecule has 2 aliphatic heterocycles. The summed E-state index contributed by atoms with van der Waals surface area (Å²) in [7, 11) is 1.99. The van der Waals surface area contributed by atoms with Crippen LogP contribution >= 0.6 is 11.8 Å². The fourth-order valence-corrected chi connectivity index (χ4v) is 4.50. The molecule has 1 aromatic rings. The van der Waals surface area contributed by atoms with Gasteiger partial charge in [0.2, 0.25) is 0 Å². The number of thioether (sulfide) groups is 1. The van der Waals surface area contributed by atoms with Gasteiger partial charge in [0.1, 0.15) is 0 Å². The predicted octanol–water partition coefficient (Wildman–Crippen LogP) is 2.78. The van der Waals surface area contributed by atoms with Gasteiger partial charge in [-0.05, 0) is 51.2 Å². The molecule has 0 aromatic carbocycles. The van der Waals surface area contributed by atoms with Gasteiger partial charge in [0.15, 0.2) is 0 Å². The zero-order valence-electron chi connectivity index (χ0n) is 12.5. The van der Waals surface area contributed by atoms with E-state index in [-0.39, 0.29) is 5.60 Å². The van der Waals surface area contributed by atoms with Crippen LogP contribution in [0.4, 0.5) is 0 Å². The third-order valence-corrected chi connectivity index (χ3v) is 5.79. The van der Waals surface area contributed by atoms with E-state index in [1.54, 1.807) is 0 Å². The van der Waals surface area contributed by atoms with Crippen molar-refractivity contribution >= 4 is 11.8 Å². The number of ether oxygens (including phenoxy) is 1. The lowest BCUT2D eigenvalue weighted by molar-refractivity contribution is -0.100. The molecule has 1 spiro atoms. The Bertz CT molecular complexity index is 437. The predicted molar refractivity (Wildman–Crippen MR) is 83.2 cm³/mol. The Labute approximate surface area is 125 Å². The molecule has 20 heavy (non-hydrogen) atoms. The molecule has 4 nitrogen and oxygen atoms in total. The Morgan fingerprint density at radius 2 is 2.30 bits per heavy atom. The summed E-state index contributed by atoms with van der Waals surface area (Å²) in [6.45, 7) is 3.05. The van der Waals surface area contributed by atoms with Crippen LogP contribution in [-0.2, 0) is 4.74 Å². The average Bonchev–Trinajstić information content (AvgIpc) is 2.97. The van der Waals surface area contributed by atoms with Gasteiger partial charge < -0.3 is 10.1 Å². The number of rotatable bonds is 3. The highest BCUT2D eigenvalue weighted by molar-refractivity contribution is 7.99. The van der Waals surface area contributed by atoms with Crippen molar-refractivity contribution in [3.8, 4) is 0 Å². The number of hydrogen-bond acceptors (Lipinski definition) is 4. The van der Waals surface area contributed by atoms with E-state index in [1.807, 2.05) is 13.2 Å². The maximum atomic E-state index is 6.17. The lowest BCUT2D eigenvalue weighted by Crippen LogP contribution is -2.43. The SMILES string of the molecule is CNC(C)c1cnn(C2CCOC3(CCSCC3)C2)c1. The molecule has 0 radical (unpaired) electrons. The smallest absolute Gasteiger partial charge is 0.0718 e. The Balaban J connectivity index is 1.71. The van der Waals surface area contributed by atoms with Crippen LogP contribution in [-0.4, -0.2) is 40.5 Å². The molecule has 0 amide bonds. The topological polar surface area (TPSA) is 39.1 Å². The molecule has 5 heteroatoms. The first-order valence-corrected chi connectivity index (χ1v) is 8.81. The number of nitrogens with zero attached hydrogens (tertiary/aromatic N) is 2. The molecule has 2 atom stereocenters. The second kappa shape index (κ2) is 6.08.